The molecular weight excluding hydrogens is 260 g/mol. The van der Waals surface area contributed by atoms with Crippen molar-refractivity contribution >= 4 is 16.6 Å². The van der Waals surface area contributed by atoms with Gasteiger partial charge in [0.25, 0.3) is 0 Å². The molecule has 2 fully saturated rings. The summed E-state index contributed by atoms with van der Waals surface area (Å²) in [6.45, 7) is 2.00. The number of hydrogen-bond acceptors (Lipinski definition) is 4. The Hall–Kier alpha value is -2.12. The van der Waals surface area contributed by atoms with Crippen LogP contribution in [0.5, 0.6) is 0 Å². The molecule has 2 aliphatic heterocycles. The number of aromatic nitrogens is 1. The van der Waals surface area contributed by atoms with Gasteiger partial charge in [-0.25, -0.2) is 0 Å². The zero-order valence-electron chi connectivity index (χ0n) is 11.9. The first kappa shape index (κ1) is 12.6. The molecule has 0 spiro atoms. The Balaban J connectivity index is 1.83. The minimum absolute atomic E-state index is 0.552. The minimum Gasteiger partial charge on any atom is -0.368 e. The Morgan fingerprint density at radius 1 is 1.19 bits per heavy atom. The maximum absolute atomic E-state index is 9.48. The molecule has 106 valence electrons. The summed E-state index contributed by atoms with van der Waals surface area (Å²) < 4.78 is 0. The normalized spacial score (nSPS) is 24.8. The molecule has 4 nitrogen and oxygen atoms in total. The smallest absolute Gasteiger partial charge is 0.103 e. The molecule has 2 saturated heterocycles. The van der Waals surface area contributed by atoms with Gasteiger partial charge in [0.15, 0.2) is 0 Å². The minimum atomic E-state index is 0.552. The molecular formula is C17H18N4. The molecule has 2 bridgehead atoms. The van der Waals surface area contributed by atoms with Crippen LogP contribution in [0, 0.1) is 11.3 Å². The molecule has 2 aromatic rings. The molecule has 2 atom stereocenters. The van der Waals surface area contributed by atoms with Crippen LogP contribution in [0.3, 0.4) is 0 Å². The number of pyridine rings is 1. The molecule has 2 aliphatic rings. The Morgan fingerprint density at radius 3 is 2.95 bits per heavy atom. The molecule has 1 aromatic carbocycles. The third kappa shape index (κ3) is 2.14. The molecule has 0 saturated carbocycles. The van der Waals surface area contributed by atoms with Crippen molar-refractivity contribution in [1.29, 1.82) is 5.26 Å². The number of para-hydroxylation sites is 1. The van der Waals surface area contributed by atoms with Crippen molar-refractivity contribution in [2.24, 2.45) is 0 Å². The number of hydrogen-bond donors (Lipinski definition) is 1. The van der Waals surface area contributed by atoms with Crippen LogP contribution in [-0.2, 0) is 0 Å². The summed E-state index contributed by atoms with van der Waals surface area (Å²) in [6, 6.07) is 11.6. The van der Waals surface area contributed by atoms with Gasteiger partial charge in [-0.2, -0.15) is 5.26 Å². The van der Waals surface area contributed by atoms with Crippen molar-refractivity contribution in [2.45, 2.75) is 31.3 Å². The molecule has 2 unspecified atom stereocenters. The van der Waals surface area contributed by atoms with E-state index in [1.807, 2.05) is 18.2 Å². The first-order valence-electron chi connectivity index (χ1n) is 7.64. The van der Waals surface area contributed by atoms with Gasteiger partial charge < -0.3 is 10.2 Å². The van der Waals surface area contributed by atoms with Crippen molar-refractivity contribution in [3.8, 4) is 6.07 Å². The van der Waals surface area contributed by atoms with Crippen LogP contribution in [-0.4, -0.2) is 30.2 Å². The van der Waals surface area contributed by atoms with Gasteiger partial charge in [-0.05, 0) is 25.3 Å². The average molecular weight is 278 g/mol. The highest BCUT2D eigenvalue weighted by atomic mass is 15.2. The van der Waals surface area contributed by atoms with Crippen LogP contribution in [0.2, 0.25) is 0 Å². The molecule has 3 heterocycles. The van der Waals surface area contributed by atoms with Gasteiger partial charge in [0, 0.05) is 36.8 Å². The predicted molar refractivity (Wildman–Crippen MR) is 83.2 cm³/mol. The average Bonchev–Trinajstić information content (AvgIpc) is 2.86. The number of nitriles is 1. The van der Waals surface area contributed by atoms with Gasteiger partial charge in [0.2, 0.25) is 0 Å². The van der Waals surface area contributed by atoms with E-state index in [1.165, 1.54) is 12.8 Å². The fraction of sp³-hybridized carbons (Fsp3) is 0.412. The lowest BCUT2D eigenvalue weighted by Crippen LogP contribution is -2.35. The number of fused-ring (bicyclic) bond motifs is 3. The van der Waals surface area contributed by atoms with Crippen LogP contribution in [0.1, 0.15) is 24.8 Å². The lowest BCUT2D eigenvalue weighted by molar-refractivity contribution is 0.563. The summed E-state index contributed by atoms with van der Waals surface area (Å²) in [4.78, 5) is 6.80. The second-order valence-electron chi connectivity index (χ2n) is 6.02. The van der Waals surface area contributed by atoms with Crippen molar-refractivity contribution in [3.63, 3.8) is 0 Å². The van der Waals surface area contributed by atoms with Gasteiger partial charge >= 0.3 is 0 Å². The Kier molecular flexibility index (Phi) is 3.01. The topological polar surface area (TPSA) is 52.0 Å². The number of benzene rings is 1. The monoisotopic (exact) mass is 278 g/mol. The summed E-state index contributed by atoms with van der Waals surface area (Å²) in [5.74, 6) is 0. The van der Waals surface area contributed by atoms with E-state index in [0.29, 0.717) is 17.6 Å². The number of anilines is 1. The Bertz CT molecular complexity index is 718. The number of rotatable bonds is 1. The first-order chi connectivity index (χ1) is 10.3. The summed E-state index contributed by atoms with van der Waals surface area (Å²) in [5.41, 5.74) is 2.72. The largest absolute Gasteiger partial charge is 0.368 e. The highest BCUT2D eigenvalue weighted by Crippen LogP contribution is 2.32. The van der Waals surface area contributed by atoms with Crippen LogP contribution in [0.15, 0.2) is 30.5 Å². The predicted octanol–water partition coefficient (Wildman–Crippen LogP) is 2.44. The molecule has 1 aromatic heterocycles. The Labute approximate surface area is 124 Å². The quantitative estimate of drug-likeness (QED) is 0.870. The zero-order chi connectivity index (χ0) is 14.2. The summed E-state index contributed by atoms with van der Waals surface area (Å²) >= 11 is 0. The van der Waals surface area contributed by atoms with Gasteiger partial charge in [-0.1, -0.05) is 18.2 Å². The van der Waals surface area contributed by atoms with Gasteiger partial charge in [0.1, 0.15) is 6.07 Å². The maximum Gasteiger partial charge on any atom is 0.103 e. The van der Waals surface area contributed by atoms with Gasteiger partial charge in [-0.15, -0.1) is 0 Å². The molecule has 4 heteroatoms. The summed E-state index contributed by atoms with van der Waals surface area (Å²) in [7, 11) is 0. The molecule has 4 rings (SSSR count). The third-order valence-corrected chi connectivity index (χ3v) is 4.71. The van der Waals surface area contributed by atoms with Crippen molar-refractivity contribution in [2.75, 3.05) is 18.0 Å². The van der Waals surface area contributed by atoms with Crippen LogP contribution < -0.4 is 10.2 Å². The van der Waals surface area contributed by atoms with E-state index in [9.17, 15) is 5.26 Å². The van der Waals surface area contributed by atoms with E-state index in [2.05, 4.69) is 27.3 Å². The van der Waals surface area contributed by atoms with Crippen molar-refractivity contribution in [1.82, 2.24) is 10.3 Å². The fourth-order valence-electron chi connectivity index (χ4n) is 3.70. The van der Waals surface area contributed by atoms with E-state index in [-0.39, 0.29) is 0 Å². The van der Waals surface area contributed by atoms with E-state index >= 15 is 0 Å². The standard InChI is InChI=1S/C17H18N4/c18-9-12-10-19-16-4-2-1-3-15(16)17(12)21-8-7-13-5-6-14(11-21)20-13/h1-4,10,13-14,20H,5-8,11H2. The van der Waals surface area contributed by atoms with Crippen LogP contribution in [0.25, 0.3) is 10.9 Å². The van der Waals surface area contributed by atoms with E-state index in [0.717, 1.165) is 36.1 Å². The highest BCUT2D eigenvalue weighted by molar-refractivity contribution is 5.94. The number of nitrogens with one attached hydrogen (secondary N) is 1. The lowest BCUT2D eigenvalue weighted by Gasteiger charge is -2.28. The maximum atomic E-state index is 9.48. The Morgan fingerprint density at radius 2 is 2.05 bits per heavy atom. The third-order valence-electron chi connectivity index (χ3n) is 4.71. The van der Waals surface area contributed by atoms with E-state index < -0.39 is 0 Å². The second-order valence-corrected chi connectivity index (χ2v) is 6.02. The second kappa shape index (κ2) is 5.01. The highest BCUT2D eigenvalue weighted by Gasteiger charge is 2.30. The molecule has 0 aliphatic carbocycles. The SMILES string of the molecule is N#Cc1cnc2ccccc2c1N1CCC2CCC(C1)N2. The van der Waals surface area contributed by atoms with Gasteiger partial charge in [-0.3, -0.25) is 4.98 Å². The molecule has 21 heavy (non-hydrogen) atoms. The lowest BCUT2D eigenvalue weighted by atomic mass is 10.0. The van der Waals surface area contributed by atoms with Crippen LogP contribution >= 0.6 is 0 Å². The first-order valence-corrected chi connectivity index (χ1v) is 7.64. The molecule has 0 radical (unpaired) electrons. The zero-order valence-corrected chi connectivity index (χ0v) is 11.9. The summed E-state index contributed by atoms with van der Waals surface area (Å²) in [5, 5.41) is 14.3. The van der Waals surface area contributed by atoms with E-state index in [1.54, 1.807) is 6.20 Å². The van der Waals surface area contributed by atoms with Crippen molar-refractivity contribution < 1.29 is 0 Å². The van der Waals surface area contributed by atoms with Crippen molar-refractivity contribution in [3.05, 3.63) is 36.0 Å². The molecule has 0 amide bonds. The number of nitrogens with zero attached hydrogens (tertiary/aromatic N) is 3. The van der Waals surface area contributed by atoms with Crippen LogP contribution in [0.4, 0.5) is 5.69 Å². The molecule has 1 N–H and O–H groups in total. The van der Waals surface area contributed by atoms with Gasteiger partial charge in [0.05, 0.1) is 16.8 Å². The van der Waals surface area contributed by atoms with E-state index in [4.69, 9.17) is 0 Å². The fourth-order valence-corrected chi connectivity index (χ4v) is 3.70. The summed E-state index contributed by atoms with van der Waals surface area (Å²) in [6.07, 6.45) is 5.40.